The first-order chi connectivity index (χ1) is 14.5. The van der Waals surface area contributed by atoms with Gasteiger partial charge in [0.2, 0.25) is 0 Å². The SMILES string of the molecule is COc1ccc(C2C3=C(OC(=O)C2P(=O)(OC)OC)c2ccccc2CCC3)cc1. The molecular formula is C23H25O6P. The Morgan fingerprint density at radius 3 is 2.33 bits per heavy atom. The molecular weight excluding hydrogens is 403 g/mol. The van der Waals surface area contributed by atoms with E-state index < -0.39 is 25.1 Å². The van der Waals surface area contributed by atoms with Gasteiger partial charge in [-0.2, -0.15) is 0 Å². The standard InChI is InChI=1S/C23H25O6P/c1-26-17-13-11-16(12-14-17)20-19-10-6-8-15-7-4-5-9-18(15)21(19)29-23(24)22(20)30(25,27-2)28-3/h4-5,7,9,11-14,20,22H,6,8,10H2,1-3H3. The van der Waals surface area contributed by atoms with Gasteiger partial charge in [0.25, 0.3) is 0 Å². The number of allylic oxidation sites excluding steroid dienone is 1. The summed E-state index contributed by atoms with van der Waals surface area (Å²) in [4.78, 5) is 13.2. The van der Waals surface area contributed by atoms with E-state index >= 15 is 0 Å². The molecule has 1 aliphatic heterocycles. The van der Waals surface area contributed by atoms with Crippen molar-refractivity contribution >= 4 is 19.3 Å². The number of rotatable bonds is 5. The third-order valence-corrected chi connectivity index (χ3v) is 8.11. The molecule has 4 rings (SSSR count). The van der Waals surface area contributed by atoms with Crippen molar-refractivity contribution < 1.29 is 27.9 Å². The molecule has 158 valence electrons. The second-order valence-corrected chi connectivity index (χ2v) is 9.75. The van der Waals surface area contributed by atoms with Gasteiger partial charge in [-0.25, -0.2) is 0 Å². The molecule has 0 spiro atoms. The lowest BCUT2D eigenvalue weighted by Crippen LogP contribution is -2.36. The minimum Gasteiger partial charge on any atom is -0.497 e. The Kier molecular flexibility index (Phi) is 5.83. The fraction of sp³-hybridized carbons (Fsp3) is 0.348. The largest absolute Gasteiger partial charge is 0.497 e. The van der Waals surface area contributed by atoms with E-state index in [9.17, 15) is 9.36 Å². The molecule has 1 aliphatic carbocycles. The first-order valence-electron chi connectivity index (χ1n) is 9.90. The second-order valence-electron chi connectivity index (χ2n) is 7.39. The normalized spacial score (nSPS) is 21.4. The number of aryl methyl sites for hydroxylation is 1. The maximum atomic E-state index is 13.4. The van der Waals surface area contributed by atoms with Crippen LogP contribution in [0, 0.1) is 0 Å². The molecule has 0 N–H and O–H groups in total. The monoisotopic (exact) mass is 428 g/mol. The van der Waals surface area contributed by atoms with Gasteiger partial charge in [0, 0.05) is 25.7 Å². The van der Waals surface area contributed by atoms with Crippen molar-refractivity contribution in [1.29, 1.82) is 0 Å². The topological polar surface area (TPSA) is 71.1 Å². The Bertz CT molecular complexity index is 1020. The first kappa shape index (κ1) is 20.9. The van der Waals surface area contributed by atoms with E-state index in [1.54, 1.807) is 7.11 Å². The molecule has 0 bridgehead atoms. The molecule has 7 heteroatoms. The highest BCUT2D eigenvalue weighted by Gasteiger charge is 2.52. The summed E-state index contributed by atoms with van der Waals surface area (Å²) >= 11 is 0. The lowest BCUT2D eigenvalue weighted by molar-refractivity contribution is -0.137. The van der Waals surface area contributed by atoms with Crippen molar-refractivity contribution in [2.75, 3.05) is 21.3 Å². The van der Waals surface area contributed by atoms with Crippen LogP contribution >= 0.6 is 7.60 Å². The maximum Gasteiger partial charge on any atom is 0.345 e. The van der Waals surface area contributed by atoms with E-state index in [1.165, 1.54) is 14.2 Å². The third kappa shape index (κ3) is 3.49. The molecule has 0 saturated heterocycles. The molecule has 6 nitrogen and oxygen atoms in total. The summed E-state index contributed by atoms with van der Waals surface area (Å²) in [7, 11) is 0.446. The third-order valence-electron chi connectivity index (χ3n) is 5.91. The number of esters is 1. The van der Waals surface area contributed by atoms with Gasteiger partial charge in [-0.05, 0) is 48.1 Å². The summed E-state index contributed by atoms with van der Waals surface area (Å²) in [6.07, 6.45) is 2.50. The Morgan fingerprint density at radius 2 is 1.67 bits per heavy atom. The Morgan fingerprint density at radius 1 is 0.967 bits per heavy atom. The molecule has 0 amide bonds. The van der Waals surface area contributed by atoms with E-state index in [1.807, 2.05) is 42.5 Å². The van der Waals surface area contributed by atoms with Gasteiger partial charge in [0.1, 0.15) is 11.5 Å². The van der Waals surface area contributed by atoms with Crippen LogP contribution in [0.5, 0.6) is 5.75 Å². The number of methoxy groups -OCH3 is 1. The van der Waals surface area contributed by atoms with E-state index in [-0.39, 0.29) is 0 Å². The zero-order valence-corrected chi connectivity index (χ0v) is 18.2. The molecule has 2 aromatic carbocycles. The van der Waals surface area contributed by atoms with Crippen LogP contribution in [-0.4, -0.2) is 33.0 Å². The smallest absolute Gasteiger partial charge is 0.345 e. The average molecular weight is 428 g/mol. The van der Waals surface area contributed by atoms with Crippen LogP contribution < -0.4 is 4.74 Å². The van der Waals surface area contributed by atoms with Gasteiger partial charge in [0.15, 0.2) is 5.66 Å². The van der Waals surface area contributed by atoms with Crippen molar-refractivity contribution in [1.82, 2.24) is 0 Å². The van der Waals surface area contributed by atoms with E-state index in [0.717, 1.165) is 41.5 Å². The number of fused-ring (bicyclic) bond motifs is 2. The Hall–Kier alpha value is -2.40. The van der Waals surface area contributed by atoms with Crippen LogP contribution in [-0.2, 0) is 29.6 Å². The summed E-state index contributed by atoms with van der Waals surface area (Å²) in [6.45, 7) is 0. The number of ether oxygens (including phenoxy) is 2. The van der Waals surface area contributed by atoms with Crippen LogP contribution in [0.1, 0.15) is 35.4 Å². The van der Waals surface area contributed by atoms with Crippen LogP contribution in [0.3, 0.4) is 0 Å². The summed E-state index contributed by atoms with van der Waals surface area (Å²) in [5.74, 6) is 0.196. The molecule has 30 heavy (non-hydrogen) atoms. The van der Waals surface area contributed by atoms with Crippen LogP contribution in [0.4, 0.5) is 0 Å². The maximum absolute atomic E-state index is 13.4. The molecule has 2 unspecified atom stereocenters. The fourth-order valence-electron chi connectivity index (χ4n) is 4.43. The highest BCUT2D eigenvalue weighted by atomic mass is 31.2. The molecule has 0 aromatic heterocycles. The van der Waals surface area contributed by atoms with Gasteiger partial charge in [-0.1, -0.05) is 36.4 Å². The fourth-order valence-corrected chi connectivity index (χ4v) is 6.06. The van der Waals surface area contributed by atoms with Crippen LogP contribution in [0.15, 0.2) is 54.1 Å². The lowest BCUT2D eigenvalue weighted by Gasteiger charge is -2.36. The lowest BCUT2D eigenvalue weighted by atomic mass is 9.83. The Labute approximate surface area is 176 Å². The number of carbonyl (C=O) groups is 1. The predicted octanol–water partition coefficient (Wildman–Crippen LogP) is 4.94. The van der Waals surface area contributed by atoms with Crippen LogP contribution in [0.25, 0.3) is 5.76 Å². The molecule has 0 saturated carbocycles. The van der Waals surface area contributed by atoms with Crippen molar-refractivity contribution in [3.63, 3.8) is 0 Å². The van der Waals surface area contributed by atoms with Crippen molar-refractivity contribution in [3.05, 3.63) is 70.8 Å². The predicted molar refractivity (Wildman–Crippen MR) is 114 cm³/mol. The minimum atomic E-state index is -3.76. The van der Waals surface area contributed by atoms with Gasteiger partial charge >= 0.3 is 13.6 Å². The molecule has 0 fully saturated rings. The minimum absolute atomic E-state index is 0.482. The highest BCUT2D eigenvalue weighted by molar-refractivity contribution is 7.55. The van der Waals surface area contributed by atoms with Gasteiger partial charge in [0.05, 0.1) is 7.11 Å². The van der Waals surface area contributed by atoms with Gasteiger partial charge in [-0.15, -0.1) is 0 Å². The summed E-state index contributed by atoms with van der Waals surface area (Å²) in [5.41, 5.74) is 2.77. The van der Waals surface area contributed by atoms with Gasteiger partial charge in [-0.3, -0.25) is 9.36 Å². The molecule has 0 radical (unpaired) electrons. The highest BCUT2D eigenvalue weighted by Crippen LogP contribution is 2.61. The second kappa shape index (κ2) is 8.38. The number of benzene rings is 2. The quantitative estimate of drug-likeness (QED) is 0.496. The van der Waals surface area contributed by atoms with Crippen molar-refractivity contribution in [2.45, 2.75) is 30.8 Å². The summed E-state index contributed by atoms with van der Waals surface area (Å²) in [5, 5.41) is 0. The number of hydrogen-bond donors (Lipinski definition) is 0. The summed E-state index contributed by atoms with van der Waals surface area (Å²) < 4.78 is 35.1. The Balaban J connectivity index is 1.94. The van der Waals surface area contributed by atoms with Gasteiger partial charge < -0.3 is 18.5 Å². The van der Waals surface area contributed by atoms with E-state index in [4.69, 9.17) is 18.5 Å². The molecule has 1 heterocycles. The molecule has 2 atom stereocenters. The molecule has 2 aromatic rings. The summed E-state index contributed by atoms with van der Waals surface area (Å²) in [6, 6.07) is 15.4. The number of hydrogen-bond acceptors (Lipinski definition) is 6. The first-order valence-corrected chi connectivity index (χ1v) is 11.5. The van der Waals surface area contributed by atoms with E-state index in [2.05, 4.69) is 6.07 Å². The number of carbonyl (C=O) groups excluding carboxylic acids is 1. The average Bonchev–Trinajstić information content (AvgIpc) is 2.97. The zero-order chi connectivity index (χ0) is 21.3. The molecule has 2 aliphatic rings. The van der Waals surface area contributed by atoms with E-state index in [0.29, 0.717) is 11.5 Å². The zero-order valence-electron chi connectivity index (χ0n) is 17.3. The van der Waals surface area contributed by atoms with Crippen molar-refractivity contribution in [3.8, 4) is 5.75 Å². The van der Waals surface area contributed by atoms with Crippen LogP contribution in [0.2, 0.25) is 0 Å². The van der Waals surface area contributed by atoms with Crippen molar-refractivity contribution in [2.24, 2.45) is 0 Å².